The third-order valence-corrected chi connectivity index (χ3v) is 3.80. The third kappa shape index (κ3) is 4.01. The fourth-order valence-corrected chi connectivity index (χ4v) is 2.50. The molecule has 6 heteroatoms. The number of imidazole rings is 1. The summed E-state index contributed by atoms with van der Waals surface area (Å²) in [7, 11) is 0. The Kier molecular flexibility index (Phi) is 5.18. The first-order valence-electron chi connectivity index (χ1n) is 8.16. The second-order valence-corrected chi connectivity index (χ2v) is 5.84. The highest BCUT2D eigenvalue weighted by Crippen LogP contribution is 2.21. The van der Waals surface area contributed by atoms with Crippen LogP contribution in [-0.2, 0) is 0 Å². The minimum absolute atomic E-state index is 0.0999. The van der Waals surface area contributed by atoms with Gasteiger partial charge in [0.2, 0.25) is 0 Å². The van der Waals surface area contributed by atoms with Crippen molar-refractivity contribution in [1.82, 2.24) is 9.55 Å². The van der Waals surface area contributed by atoms with E-state index in [1.54, 1.807) is 13.1 Å². The van der Waals surface area contributed by atoms with Crippen LogP contribution in [0.15, 0.2) is 54.9 Å². The molecule has 0 aliphatic carbocycles. The molecule has 5 nitrogen and oxygen atoms in total. The van der Waals surface area contributed by atoms with Crippen molar-refractivity contribution >= 4 is 0 Å². The van der Waals surface area contributed by atoms with Gasteiger partial charge in [0, 0.05) is 18.5 Å². The molecule has 1 atom stereocenters. The summed E-state index contributed by atoms with van der Waals surface area (Å²) in [4.78, 5) is 4.21. The van der Waals surface area contributed by atoms with Gasteiger partial charge in [-0.1, -0.05) is 6.07 Å². The summed E-state index contributed by atoms with van der Waals surface area (Å²) in [6.07, 6.45) is 3.26. The third-order valence-electron chi connectivity index (χ3n) is 3.80. The Hall–Kier alpha value is -3.33. The summed E-state index contributed by atoms with van der Waals surface area (Å²) >= 11 is 0. The molecule has 0 saturated carbocycles. The van der Waals surface area contributed by atoms with Gasteiger partial charge in [0.25, 0.3) is 0 Å². The first-order chi connectivity index (χ1) is 12.6. The molecule has 0 radical (unpaired) electrons. The summed E-state index contributed by atoms with van der Waals surface area (Å²) < 4.78 is 27.2. The molecule has 132 valence electrons. The van der Waals surface area contributed by atoms with Gasteiger partial charge in [0.1, 0.15) is 24.3 Å². The van der Waals surface area contributed by atoms with Crippen molar-refractivity contribution in [2.75, 3.05) is 6.61 Å². The van der Waals surface area contributed by atoms with E-state index in [0.717, 1.165) is 17.6 Å². The second kappa shape index (κ2) is 7.70. The molecular formula is C20H18FN3O2. The van der Waals surface area contributed by atoms with Crippen LogP contribution in [0.4, 0.5) is 4.39 Å². The van der Waals surface area contributed by atoms with Crippen LogP contribution in [0, 0.1) is 24.1 Å². The fraction of sp³-hybridized carbons (Fsp3) is 0.200. The van der Waals surface area contributed by atoms with E-state index < -0.39 is 5.82 Å². The molecule has 2 aromatic carbocycles. The summed E-state index contributed by atoms with van der Waals surface area (Å²) in [5.41, 5.74) is 1.20. The number of aryl methyl sites for hydroxylation is 1. The molecule has 0 spiro atoms. The smallest absolute Gasteiger partial charge is 0.166 e. The van der Waals surface area contributed by atoms with Crippen LogP contribution in [0.3, 0.4) is 0 Å². The Morgan fingerprint density at radius 2 is 2.12 bits per heavy atom. The Balaban J connectivity index is 1.62. The maximum absolute atomic E-state index is 13.9. The lowest BCUT2D eigenvalue weighted by molar-refractivity contribution is 0.138. The number of hydrogen-bond donors (Lipinski definition) is 0. The number of benzene rings is 2. The van der Waals surface area contributed by atoms with Crippen LogP contribution in [-0.4, -0.2) is 22.3 Å². The van der Waals surface area contributed by atoms with Crippen molar-refractivity contribution in [2.24, 2.45) is 0 Å². The number of hydrogen-bond acceptors (Lipinski definition) is 4. The van der Waals surface area contributed by atoms with Crippen molar-refractivity contribution in [1.29, 1.82) is 5.26 Å². The quantitative estimate of drug-likeness (QED) is 0.672. The Labute approximate surface area is 151 Å². The van der Waals surface area contributed by atoms with Crippen molar-refractivity contribution in [3.05, 3.63) is 72.1 Å². The molecule has 26 heavy (non-hydrogen) atoms. The normalized spacial score (nSPS) is 11.6. The molecule has 0 N–H and O–H groups in total. The number of nitriles is 1. The van der Waals surface area contributed by atoms with Crippen LogP contribution in [0.25, 0.3) is 5.69 Å². The van der Waals surface area contributed by atoms with Gasteiger partial charge in [-0.2, -0.15) is 5.26 Å². The van der Waals surface area contributed by atoms with Gasteiger partial charge >= 0.3 is 0 Å². The molecule has 3 aromatic rings. The number of rotatable bonds is 6. The molecule has 1 aromatic heterocycles. The lowest BCUT2D eigenvalue weighted by atomic mass is 10.2. The maximum Gasteiger partial charge on any atom is 0.166 e. The first-order valence-corrected chi connectivity index (χ1v) is 8.16. The first kappa shape index (κ1) is 17.5. The summed E-state index contributed by atoms with van der Waals surface area (Å²) in [6, 6.07) is 13.6. The molecule has 0 fully saturated rings. The van der Waals surface area contributed by atoms with Crippen molar-refractivity contribution < 1.29 is 13.9 Å². The summed E-state index contributed by atoms with van der Waals surface area (Å²) in [6.45, 7) is 3.98. The van der Waals surface area contributed by atoms with Gasteiger partial charge < -0.3 is 14.0 Å². The van der Waals surface area contributed by atoms with E-state index in [2.05, 4.69) is 4.98 Å². The van der Waals surface area contributed by atoms with Gasteiger partial charge in [-0.3, -0.25) is 0 Å². The van der Waals surface area contributed by atoms with E-state index >= 15 is 0 Å². The average molecular weight is 351 g/mol. The molecular weight excluding hydrogens is 333 g/mol. The number of aromatic nitrogens is 2. The molecule has 0 amide bonds. The van der Waals surface area contributed by atoms with Crippen LogP contribution in [0.1, 0.15) is 18.3 Å². The van der Waals surface area contributed by atoms with E-state index in [9.17, 15) is 4.39 Å². The zero-order valence-electron chi connectivity index (χ0n) is 14.5. The number of nitrogens with zero attached hydrogens (tertiary/aromatic N) is 3. The number of halogens is 1. The van der Waals surface area contributed by atoms with Crippen LogP contribution in [0.2, 0.25) is 0 Å². The highest BCUT2D eigenvalue weighted by atomic mass is 19.1. The van der Waals surface area contributed by atoms with E-state index in [4.69, 9.17) is 14.7 Å². The van der Waals surface area contributed by atoms with E-state index in [1.807, 2.05) is 48.0 Å². The van der Waals surface area contributed by atoms with E-state index in [-0.39, 0.29) is 24.0 Å². The van der Waals surface area contributed by atoms with E-state index in [1.165, 1.54) is 12.1 Å². The average Bonchev–Trinajstić information content (AvgIpc) is 3.08. The Bertz CT molecular complexity index is 946. The van der Waals surface area contributed by atoms with E-state index in [0.29, 0.717) is 5.75 Å². The molecule has 0 aliphatic rings. The predicted octanol–water partition coefficient (Wildman–Crippen LogP) is 4.04. The minimum atomic E-state index is -0.562. The van der Waals surface area contributed by atoms with Crippen molar-refractivity contribution in [2.45, 2.75) is 20.0 Å². The number of ether oxygens (including phenoxy) is 2. The molecule has 3 rings (SSSR count). The fourth-order valence-electron chi connectivity index (χ4n) is 2.50. The Morgan fingerprint density at radius 3 is 2.81 bits per heavy atom. The van der Waals surface area contributed by atoms with Gasteiger partial charge in [-0.25, -0.2) is 9.37 Å². The van der Waals surface area contributed by atoms with Crippen LogP contribution in [0.5, 0.6) is 11.5 Å². The predicted molar refractivity (Wildman–Crippen MR) is 95.0 cm³/mol. The zero-order chi connectivity index (χ0) is 18.5. The highest BCUT2D eigenvalue weighted by molar-refractivity contribution is 5.40. The Morgan fingerprint density at radius 1 is 1.27 bits per heavy atom. The summed E-state index contributed by atoms with van der Waals surface area (Å²) in [5.74, 6) is 1.11. The van der Waals surface area contributed by atoms with Gasteiger partial charge in [0.15, 0.2) is 11.6 Å². The SMILES string of the molecule is Cc1nccn1-c1cccc(OCC(C)Oc2ccc(C#N)cc2F)c1. The largest absolute Gasteiger partial charge is 0.490 e. The molecule has 0 aliphatic heterocycles. The second-order valence-electron chi connectivity index (χ2n) is 5.84. The lowest BCUT2D eigenvalue weighted by Gasteiger charge is -2.16. The van der Waals surface area contributed by atoms with Gasteiger partial charge in [0.05, 0.1) is 17.3 Å². The van der Waals surface area contributed by atoms with Crippen LogP contribution < -0.4 is 9.47 Å². The van der Waals surface area contributed by atoms with Crippen molar-refractivity contribution in [3.8, 4) is 23.3 Å². The monoisotopic (exact) mass is 351 g/mol. The van der Waals surface area contributed by atoms with Crippen molar-refractivity contribution in [3.63, 3.8) is 0 Å². The topological polar surface area (TPSA) is 60.1 Å². The van der Waals surface area contributed by atoms with Gasteiger partial charge in [-0.05, 0) is 44.2 Å². The summed E-state index contributed by atoms with van der Waals surface area (Å²) in [5, 5.41) is 8.77. The standard InChI is InChI=1S/C20H18FN3O2/c1-14(26-20-7-6-16(12-22)10-19(20)21)13-25-18-5-3-4-17(11-18)24-9-8-23-15(24)2/h3-11,14H,13H2,1-2H3. The minimum Gasteiger partial charge on any atom is -0.490 e. The molecule has 0 saturated heterocycles. The van der Waals surface area contributed by atoms with Gasteiger partial charge in [-0.15, -0.1) is 0 Å². The molecule has 1 heterocycles. The lowest BCUT2D eigenvalue weighted by Crippen LogP contribution is -2.21. The highest BCUT2D eigenvalue weighted by Gasteiger charge is 2.11. The molecule has 0 bridgehead atoms. The van der Waals surface area contributed by atoms with Crippen LogP contribution >= 0.6 is 0 Å². The maximum atomic E-state index is 13.9. The zero-order valence-corrected chi connectivity index (χ0v) is 14.5. The molecule has 1 unspecified atom stereocenters.